The fourth-order valence-corrected chi connectivity index (χ4v) is 1.32. The van der Waals surface area contributed by atoms with Crippen LogP contribution in [0.5, 0.6) is 0 Å². The zero-order chi connectivity index (χ0) is 11.3. The molecule has 0 aliphatic heterocycles. The van der Waals surface area contributed by atoms with E-state index in [0.717, 1.165) is 31.0 Å². The van der Waals surface area contributed by atoms with Crippen molar-refractivity contribution in [2.24, 2.45) is 0 Å². The Labute approximate surface area is 92.2 Å². The normalized spacial score (nSPS) is 12.0. The molecule has 0 amide bonds. The fourth-order valence-electron chi connectivity index (χ4n) is 1.32. The van der Waals surface area contributed by atoms with Crippen molar-refractivity contribution in [1.82, 2.24) is 10.6 Å². The van der Waals surface area contributed by atoms with E-state index in [1.807, 2.05) is 26.1 Å². The Morgan fingerprint density at radius 3 is 2.60 bits per heavy atom. The summed E-state index contributed by atoms with van der Waals surface area (Å²) < 4.78 is 5.49. The molecule has 2 N–H and O–H groups in total. The highest BCUT2D eigenvalue weighted by Gasteiger charge is 2.12. The summed E-state index contributed by atoms with van der Waals surface area (Å²) in [4.78, 5) is 0. The zero-order valence-electron chi connectivity index (χ0n) is 10.2. The van der Waals surface area contributed by atoms with E-state index in [-0.39, 0.29) is 5.54 Å². The van der Waals surface area contributed by atoms with Crippen LogP contribution in [0.4, 0.5) is 0 Å². The fraction of sp³-hybridized carbons (Fsp3) is 0.667. The van der Waals surface area contributed by atoms with Crippen molar-refractivity contribution in [3.05, 3.63) is 23.7 Å². The highest BCUT2D eigenvalue weighted by molar-refractivity contribution is 5.05. The van der Waals surface area contributed by atoms with Crippen molar-refractivity contribution in [1.29, 1.82) is 0 Å². The van der Waals surface area contributed by atoms with Crippen LogP contribution in [-0.2, 0) is 6.42 Å². The molecule has 0 bridgehead atoms. The summed E-state index contributed by atoms with van der Waals surface area (Å²) in [5.74, 6) is 2.04. The molecule has 1 aromatic heterocycles. The van der Waals surface area contributed by atoms with Gasteiger partial charge >= 0.3 is 0 Å². The SMILES string of the molecule is CNC(C)(C)CNCCc1ccc(C)o1. The third-order valence-electron chi connectivity index (χ3n) is 2.59. The minimum absolute atomic E-state index is 0.152. The molecule has 0 saturated carbocycles. The summed E-state index contributed by atoms with van der Waals surface area (Å²) in [7, 11) is 1.98. The van der Waals surface area contributed by atoms with Gasteiger partial charge in [0.25, 0.3) is 0 Å². The van der Waals surface area contributed by atoms with E-state index in [0.29, 0.717) is 0 Å². The Hall–Kier alpha value is -0.800. The van der Waals surface area contributed by atoms with Crippen LogP contribution in [0, 0.1) is 6.92 Å². The molecule has 1 heterocycles. The monoisotopic (exact) mass is 210 g/mol. The van der Waals surface area contributed by atoms with Gasteiger partial charge in [-0.05, 0) is 40.0 Å². The summed E-state index contributed by atoms with van der Waals surface area (Å²) in [5, 5.41) is 6.67. The van der Waals surface area contributed by atoms with Crippen LogP contribution in [-0.4, -0.2) is 25.7 Å². The van der Waals surface area contributed by atoms with Crippen molar-refractivity contribution in [3.63, 3.8) is 0 Å². The van der Waals surface area contributed by atoms with Gasteiger partial charge in [0.1, 0.15) is 11.5 Å². The van der Waals surface area contributed by atoms with E-state index in [2.05, 4.69) is 24.5 Å². The van der Waals surface area contributed by atoms with E-state index >= 15 is 0 Å². The van der Waals surface area contributed by atoms with Crippen LogP contribution in [0.15, 0.2) is 16.5 Å². The molecule has 15 heavy (non-hydrogen) atoms. The maximum Gasteiger partial charge on any atom is 0.105 e. The van der Waals surface area contributed by atoms with Gasteiger partial charge in [0, 0.05) is 25.0 Å². The van der Waals surface area contributed by atoms with Crippen molar-refractivity contribution in [3.8, 4) is 0 Å². The lowest BCUT2D eigenvalue weighted by atomic mass is 10.1. The van der Waals surface area contributed by atoms with Gasteiger partial charge < -0.3 is 15.1 Å². The highest BCUT2D eigenvalue weighted by Crippen LogP contribution is 2.06. The third-order valence-corrected chi connectivity index (χ3v) is 2.59. The lowest BCUT2D eigenvalue weighted by molar-refractivity contribution is 0.390. The molecule has 0 aliphatic carbocycles. The van der Waals surface area contributed by atoms with Gasteiger partial charge in [-0.15, -0.1) is 0 Å². The molecule has 3 heteroatoms. The molecule has 0 spiro atoms. The second-order valence-electron chi connectivity index (χ2n) is 4.57. The Kier molecular flexibility index (Phi) is 4.36. The number of nitrogens with one attached hydrogen (secondary N) is 2. The van der Waals surface area contributed by atoms with E-state index in [1.165, 1.54) is 0 Å². The average molecular weight is 210 g/mol. The first-order chi connectivity index (χ1) is 7.03. The van der Waals surface area contributed by atoms with Gasteiger partial charge in [-0.25, -0.2) is 0 Å². The molecular formula is C12H22N2O. The Morgan fingerprint density at radius 1 is 1.33 bits per heavy atom. The summed E-state index contributed by atoms with van der Waals surface area (Å²) in [5.41, 5.74) is 0.152. The summed E-state index contributed by atoms with van der Waals surface area (Å²) in [6.07, 6.45) is 0.952. The van der Waals surface area contributed by atoms with Crippen LogP contribution in [0.3, 0.4) is 0 Å². The lowest BCUT2D eigenvalue weighted by Crippen LogP contribution is -2.46. The molecule has 3 nitrogen and oxygen atoms in total. The van der Waals surface area contributed by atoms with Crippen molar-refractivity contribution >= 4 is 0 Å². The van der Waals surface area contributed by atoms with Crippen LogP contribution in [0.1, 0.15) is 25.4 Å². The summed E-state index contributed by atoms with van der Waals surface area (Å²) in [6, 6.07) is 4.05. The maximum atomic E-state index is 5.49. The largest absolute Gasteiger partial charge is 0.466 e. The highest BCUT2D eigenvalue weighted by atomic mass is 16.3. The van der Waals surface area contributed by atoms with Crippen molar-refractivity contribution < 1.29 is 4.42 Å². The topological polar surface area (TPSA) is 37.2 Å². The van der Waals surface area contributed by atoms with E-state index in [4.69, 9.17) is 4.42 Å². The smallest absolute Gasteiger partial charge is 0.105 e. The molecule has 1 rings (SSSR count). The number of furan rings is 1. The quantitative estimate of drug-likeness (QED) is 0.702. The van der Waals surface area contributed by atoms with Gasteiger partial charge in [-0.1, -0.05) is 0 Å². The van der Waals surface area contributed by atoms with Gasteiger partial charge in [0.05, 0.1) is 0 Å². The molecule has 0 aromatic carbocycles. The second kappa shape index (κ2) is 5.33. The Balaban J connectivity index is 2.17. The summed E-state index contributed by atoms with van der Waals surface area (Å²) in [6.45, 7) is 8.25. The summed E-state index contributed by atoms with van der Waals surface area (Å²) >= 11 is 0. The molecule has 1 aromatic rings. The minimum Gasteiger partial charge on any atom is -0.466 e. The second-order valence-corrected chi connectivity index (χ2v) is 4.57. The van der Waals surface area contributed by atoms with Crippen LogP contribution in [0.25, 0.3) is 0 Å². The first-order valence-electron chi connectivity index (χ1n) is 5.48. The number of aryl methyl sites for hydroxylation is 1. The third kappa shape index (κ3) is 4.49. The van der Waals surface area contributed by atoms with Gasteiger partial charge in [0.15, 0.2) is 0 Å². The maximum absolute atomic E-state index is 5.49. The van der Waals surface area contributed by atoms with Crippen molar-refractivity contribution in [2.45, 2.75) is 32.7 Å². The molecule has 0 aliphatic rings. The molecule has 0 radical (unpaired) electrons. The molecule has 0 unspecified atom stereocenters. The molecular weight excluding hydrogens is 188 g/mol. The number of hydrogen-bond acceptors (Lipinski definition) is 3. The first kappa shape index (κ1) is 12.3. The molecule has 0 fully saturated rings. The molecule has 0 atom stereocenters. The van der Waals surface area contributed by atoms with Crippen LogP contribution >= 0.6 is 0 Å². The minimum atomic E-state index is 0.152. The van der Waals surface area contributed by atoms with E-state index in [1.54, 1.807) is 0 Å². The van der Waals surface area contributed by atoms with Crippen LogP contribution < -0.4 is 10.6 Å². The average Bonchev–Trinajstić information content (AvgIpc) is 2.59. The van der Waals surface area contributed by atoms with E-state index in [9.17, 15) is 0 Å². The Bertz CT molecular complexity index is 292. The van der Waals surface area contributed by atoms with Gasteiger partial charge in [-0.3, -0.25) is 0 Å². The first-order valence-corrected chi connectivity index (χ1v) is 5.48. The zero-order valence-corrected chi connectivity index (χ0v) is 10.2. The predicted octanol–water partition coefficient (Wildman–Crippen LogP) is 1.72. The molecule has 0 saturated heterocycles. The van der Waals surface area contributed by atoms with Crippen molar-refractivity contribution in [2.75, 3.05) is 20.1 Å². The predicted molar refractivity (Wildman–Crippen MR) is 63.2 cm³/mol. The van der Waals surface area contributed by atoms with Crippen LogP contribution in [0.2, 0.25) is 0 Å². The number of hydrogen-bond donors (Lipinski definition) is 2. The molecule has 86 valence electrons. The number of rotatable bonds is 6. The van der Waals surface area contributed by atoms with Gasteiger partial charge in [0.2, 0.25) is 0 Å². The lowest BCUT2D eigenvalue weighted by Gasteiger charge is -2.24. The van der Waals surface area contributed by atoms with E-state index < -0.39 is 0 Å². The standard InChI is InChI=1S/C12H22N2O/c1-10-5-6-11(15-10)7-8-14-9-12(2,3)13-4/h5-6,13-14H,7-9H2,1-4H3. The Morgan fingerprint density at radius 2 is 2.07 bits per heavy atom. The number of likely N-dealkylation sites (N-methyl/N-ethyl adjacent to an activating group) is 1. The van der Waals surface area contributed by atoms with Gasteiger partial charge in [-0.2, -0.15) is 0 Å².